The molecule has 0 bridgehead atoms. The van der Waals surface area contributed by atoms with E-state index in [4.69, 9.17) is 9.47 Å². The Kier molecular flexibility index (Phi) is 5.00. The lowest BCUT2D eigenvalue weighted by Crippen LogP contribution is -2.42. The highest BCUT2D eigenvalue weighted by Gasteiger charge is 2.40. The van der Waals surface area contributed by atoms with Crippen LogP contribution in [0.25, 0.3) is 0 Å². The van der Waals surface area contributed by atoms with Crippen LogP contribution >= 0.6 is 0 Å². The van der Waals surface area contributed by atoms with Crippen LogP contribution in [-0.2, 0) is 9.47 Å². The molecular formula is C17H31NO2. The fraction of sp³-hybridized carbons (Fsp3) is 1.00. The summed E-state index contributed by atoms with van der Waals surface area (Å²) in [5.74, 6) is 1.76. The van der Waals surface area contributed by atoms with Gasteiger partial charge in [0.15, 0.2) is 5.79 Å². The molecule has 0 unspecified atom stereocenters. The normalized spacial score (nSPS) is 34.6. The maximum absolute atomic E-state index is 5.79. The molecule has 2 aliphatic carbocycles. The quantitative estimate of drug-likeness (QED) is 0.856. The average Bonchev–Trinajstić information content (AvgIpc) is 2.92. The van der Waals surface area contributed by atoms with Crippen molar-refractivity contribution in [3.8, 4) is 0 Å². The third-order valence-corrected chi connectivity index (χ3v) is 5.68. The molecule has 1 spiro atoms. The fourth-order valence-corrected chi connectivity index (χ4v) is 4.16. The summed E-state index contributed by atoms with van der Waals surface area (Å²) in [4.78, 5) is 0. The minimum Gasteiger partial charge on any atom is -0.348 e. The molecule has 20 heavy (non-hydrogen) atoms. The topological polar surface area (TPSA) is 30.5 Å². The SMILES string of the molecule is CC1CCC(CCNC2CCC3(CC2)OCCO3)CC1. The van der Waals surface area contributed by atoms with E-state index in [2.05, 4.69) is 12.2 Å². The third kappa shape index (κ3) is 3.75. The Hall–Kier alpha value is -0.120. The second kappa shape index (κ2) is 6.76. The van der Waals surface area contributed by atoms with Crippen molar-refractivity contribution in [3.05, 3.63) is 0 Å². The van der Waals surface area contributed by atoms with Gasteiger partial charge in [-0.1, -0.05) is 32.6 Å². The van der Waals surface area contributed by atoms with Crippen molar-refractivity contribution in [2.24, 2.45) is 11.8 Å². The van der Waals surface area contributed by atoms with E-state index in [1.165, 1.54) is 51.5 Å². The summed E-state index contributed by atoms with van der Waals surface area (Å²) in [7, 11) is 0. The van der Waals surface area contributed by atoms with Crippen LogP contribution in [0.5, 0.6) is 0 Å². The Morgan fingerprint density at radius 3 is 2.25 bits per heavy atom. The van der Waals surface area contributed by atoms with E-state index in [0.717, 1.165) is 37.9 Å². The van der Waals surface area contributed by atoms with Gasteiger partial charge in [-0.25, -0.2) is 0 Å². The van der Waals surface area contributed by atoms with E-state index in [1.807, 2.05) is 0 Å². The Bertz CT molecular complexity index is 283. The summed E-state index contributed by atoms with van der Waals surface area (Å²) >= 11 is 0. The Balaban J connectivity index is 1.30. The van der Waals surface area contributed by atoms with E-state index in [-0.39, 0.29) is 5.79 Å². The molecule has 3 fully saturated rings. The maximum atomic E-state index is 5.79. The van der Waals surface area contributed by atoms with Crippen molar-refractivity contribution in [1.82, 2.24) is 5.32 Å². The second-order valence-electron chi connectivity index (χ2n) is 7.25. The van der Waals surface area contributed by atoms with Crippen LogP contribution in [0.2, 0.25) is 0 Å². The minimum absolute atomic E-state index is 0.197. The lowest BCUT2D eigenvalue weighted by Gasteiger charge is -2.36. The summed E-state index contributed by atoms with van der Waals surface area (Å²) in [5.41, 5.74) is 0. The van der Waals surface area contributed by atoms with E-state index in [9.17, 15) is 0 Å². The largest absolute Gasteiger partial charge is 0.348 e. The number of nitrogens with one attached hydrogen (secondary N) is 1. The van der Waals surface area contributed by atoms with Crippen molar-refractivity contribution >= 4 is 0 Å². The van der Waals surface area contributed by atoms with Gasteiger partial charge in [0.25, 0.3) is 0 Å². The lowest BCUT2D eigenvalue weighted by molar-refractivity contribution is -0.179. The van der Waals surface area contributed by atoms with Crippen molar-refractivity contribution < 1.29 is 9.47 Å². The van der Waals surface area contributed by atoms with Crippen molar-refractivity contribution in [1.29, 1.82) is 0 Å². The molecule has 1 saturated heterocycles. The van der Waals surface area contributed by atoms with Crippen LogP contribution in [0.1, 0.15) is 64.7 Å². The van der Waals surface area contributed by atoms with Gasteiger partial charge >= 0.3 is 0 Å². The maximum Gasteiger partial charge on any atom is 0.168 e. The minimum atomic E-state index is -0.197. The van der Waals surface area contributed by atoms with Crippen LogP contribution in [-0.4, -0.2) is 31.6 Å². The molecule has 3 nitrogen and oxygen atoms in total. The molecule has 3 heteroatoms. The van der Waals surface area contributed by atoms with E-state index >= 15 is 0 Å². The molecule has 1 aliphatic heterocycles. The van der Waals surface area contributed by atoms with Crippen LogP contribution < -0.4 is 5.32 Å². The van der Waals surface area contributed by atoms with Crippen LogP contribution in [0, 0.1) is 11.8 Å². The summed E-state index contributed by atoms with van der Waals surface area (Å²) in [6.07, 6.45) is 11.8. The summed E-state index contributed by atoms with van der Waals surface area (Å²) in [6, 6.07) is 0.691. The molecule has 3 aliphatic rings. The van der Waals surface area contributed by atoms with Gasteiger partial charge < -0.3 is 14.8 Å². The first kappa shape index (κ1) is 14.8. The monoisotopic (exact) mass is 281 g/mol. The van der Waals surface area contributed by atoms with Gasteiger partial charge in [0.05, 0.1) is 13.2 Å². The Labute approximate surface area is 123 Å². The lowest BCUT2D eigenvalue weighted by atomic mass is 9.81. The van der Waals surface area contributed by atoms with Crippen molar-refractivity contribution in [3.63, 3.8) is 0 Å². The molecule has 0 aromatic carbocycles. The average molecular weight is 281 g/mol. The molecule has 2 saturated carbocycles. The zero-order valence-electron chi connectivity index (χ0n) is 13.0. The highest BCUT2D eigenvalue weighted by molar-refractivity contribution is 4.85. The molecule has 0 aromatic heterocycles. The van der Waals surface area contributed by atoms with Gasteiger partial charge in [0, 0.05) is 18.9 Å². The van der Waals surface area contributed by atoms with Crippen molar-refractivity contribution in [2.75, 3.05) is 19.8 Å². The van der Waals surface area contributed by atoms with Crippen LogP contribution in [0.4, 0.5) is 0 Å². The van der Waals surface area contributed by atoms with E-state index < -0.39 is 0 Å². The smallest absolute Gasteiger partial charge is 0.168 e. The summed E-state index contributed by atoms with van der Waals surface area (Å²) in [6.45, 7) is 5.19. The molecule has 3 rings (SSSR count). The first-order valence-electron chi connectivity index (χ1n) is 8.77. The molecule has 0 aromatic rings. The molecular weight excluding hydrogens is 250 g/mol. The molecule has 0 amide bonds. The van der Waals surface area contributed by atoms with Crippen LogP contribution in [0.3, 0.4) is 0 Å². The zero-order chi connectivity index (χ0) is 13.8. The number of ether oxygens (including phenoxy) is 2. The molecule has 1 N–H and O–H groups in total. The first-order chi connectivity index (χ1) is 9.76. The van der Waals surface area contributed by atoms with Gasteiger partial charge in [0.1, 0.15) is 0 Å². The van der Waals surface area contributed by atoms with Gasteiger partial charge in [-0.05, 0) is 37.6 Å². The standard InChI is InChI=1S/C17H31NO2/c1-14-2-4-15(5-3-14)8-11-18-16-6-9-17(10-7-16)19-12-13-20-17/h14-16,18H,2-13H2,1H3. The number of hydrogen-bond donors (Lipinski definition) is 1. The highest BCUT2D eigenvalue weighted by Crippen LogP contribution is 2.36. The van der Waals surface area contributed by atoms with Crippen LogP contribution in [0.15, 0.2) is 0 Å². The molecule has 0 atom stereocenters. The molecule has 116 valence electrons. The predicted molar refractivity (Wildman–Crippen MR) is 80.6 cm³/mol. The Morgan fingerprint density at radius 2 is 1.60 bits per heavy atom. The van der Waals surface area contributed by atoms with Gasteiger partial charge in [-0.3, -0.25) is 0 Å². The Morgan fingerprint density at radius 1 is 0.950 bits per heavy atom. The van der Waals surface area contributed by atoms with Gasteiger partial charge in [0.2, 0.25) is 0 Å². The second-order valence-corrected chi connectivity index (χ2v) is 7.25. The number of hydrogen-bond acceptors (Lipinski definition) is 3. The number of rotatable bonds is 4. The van der Waals surface area contributed by atoms with E-state index in [0.29, 0.717) is 6.04 Å². The van der Waals surface area contributed by atoms with Gasteiger partial charge in [-0.2, -0.15) is 0 Å². The highest BCUT2D eigenvalue weighted by atomic mass is 16.7. The van der Waals surface area contributed by atoms with Gasteiger partial charge in [-0.15, -0.1) is 0 Å². The fourth-order valence-electron chi connectivity index (χ4n) is 4.16. The molecule has 1 heterocycles. The third-order valence-electron chi connectivity index (χ3n) is 5.68. The predicted octanol–water partition coefficient (Wildman–Crippen LogP) is 3.48. The van der Waals surface area contributed by atoms with E-state index in [1.54, 1.807) is 0 Å². The first-order valence-corrected chi connectivity index (χ1v) is 8.77. The molecule has 0 radical (unpaired) electrons. The van der Waals surface area contributed by atoms with Crippen molar-refractivity contribution in [2.45, 2.75) is 76.5 Å². The summed E-state index contributed by atoms with van der Waals surface area (Å²) in [5, 5.41) is 3.78. The zero-order valence-corrected chi connectivity index (χ0v) is 13.0. The summed E-state index contributed by atoms with van der Waals surface area (Å²) < 4.78 is 11.6.